The number of rotatable bonds is 5. The molecule has 3 aromatic rings. The van der Waals surface area contributed by atoms with Gasteiger partial charge in [-0.1, -0.05) is 6.20 Å². The van der Waals surface area contributed by atoms with Gasteiger partial charge in [-0.15, -0.1) is 5.56 Å². The van der Waals surface area contributed by atoms with Gasteiger partial charge in [-0.3, -0.25) is 9.78 Å². The molecule has 6 nitrogen and oxygen atoms in total. The molecular weight excluding hydrogens is 279 g/mol. The van der Waals surface area contributed by atoms with E-state index in [-0.39, 0.29) is 18.2 Å². The van der Waals surface area contributed by atoms with Crippen molar-refractivity contribution < 1.29 is 15.7 Å². The van der Waals surface area contributed by atoms with Crippen LogP contribution >= 0.6 is 0 Å². The number of aromatic nitrogens is 3. The summed E-state index contributed by atoms with van der Waals surface area (Å²) < 4.78 is 12.5. The van der Waals surface area contributed by atoms with Crippen LogP contribution in [0.5, 0.6) is 11.6 Å². The molecule has 108 valence electrons. The van der Waals surface area contributed by atoms with Crippen LogP contribution in [0.2, 0.25) is 0 Å². The van der Waals surface area contributed by atoms with Crippen molar-refractivity contribution in [1.82, 2.24) is 14.4 Å². The van der Waals surface area contributed by atoms with Crippen molar-refractivity contribution in [1.29, 1.82) is 0 Å². The normalized spacial score (nSPS) is 10.0. The van der Waals surface area contributed by atoms with Crippen LogP contribution in [0, 0.1) is 6.07 Å². The van der Waals surface area contributed by atoms with E-state index in [1.165, 1.54) is 19.4 Å². The van der Waals surface area contributed by atoms with Gasteiger partial charge in [0.1, 0.15) is 5.75 Å². The second-order valence-electron chi connectivity index (χ2n) is 4.29. The molecule has 0 N–H and O–H groups in total. The summed E-state index contributed by atoms with van der Waals surface area (Å²) in [5.41, 5.74) is 2.05. The molecule has 0 aliphatic heterocycles. The van der Waals surface area contributed by atoms with Crippen molar-refractivity contribution in [3.8, 4) is 11.6 Å². The third-order valence-corrected chi connectivity index (χ3v) is 3.02. The Morgan fingerprint density at radius 1 is 1.45 bits per heavy atom. The number of ether oxygens (including phenoxy) is 2. The van der Waals surface area contributed by atoms with Crippen LogP contribution in [0.4, 0.5) is 0 Å². The zero-order valence-corrected chi connectivity index (χ0v) is 12.0. The van der Waals surface area contributed by atoms with E-state index >= 15 is 0 Å². The fourth-order valence-electron chi connectivity index (χ4n) is 1.97. The number of imidazole rings is 1. The number of carbonyl (C=O) groups excluding carboxylic acids is 1. The molecule has 0 saturated carbocycles. The van der Waals surface area contributed by atoms with Gasteiger partial charge in [0.2, 0.25) is 5.88 Å². The third-order valence-electron chi connectivity index (χ3n) is 3.02. The zero-order chi connectivity index (χ0) is 14.7. The molecule has 0 saturated heterocycles. The smallest absolute Gasteiger partial charge is 1.00 e. The van der Waals surface area contributed by atoms with E-state index in [0.717, 1.165) is 11.2 Å². The Kier molecular flexibility index (Phi) is 4.86. The average molecular weight is 292 g/mol. The van der Waals surface area contributed by atoms with Crippen LogP contribution in [-0.2, 0) is 6.61 Å². The van der Waals surface area contributed by atoms with Gasteiger partial charge >= 0.3 is 10.1 Å². The predicted molar refractivity (Wildman–Crippen MR) is 81.4 cm³/mol. The Bertz CT molecular complexity index is 794. The van der Waals surface area contributed by atoms with E-state index in [9.17, 15) is 4.79 Å². The summed E-state index contributed by atoms with van der Waals surface area (Å²) >= 11 is 0. The Morgan fingerprint density at radius 2 is 2.32 bits per heavy atom. The SMILES string of the molecule is COc1cc(C=O)c(OCc2c[c-]cn3ccnc23)cn1.[Be+2].[H-]. The molecule has 0 atom stereocenters. The Hall–Kier alpha value is -2.72. The monoisotopic (exact) mass is 292 g/mol. The van der Waals surface area contributed by atoms with Gasteiger partial charge < -0.3 is 15.3 Å². The minimum absolute atomic E-state index is 0. The fraction of sp³-hybridized carbons (Fsp3) is 0.133. The van der Waals surface area contributed by atoms with Crippen LogP contribution < -0.4 is 9.47 Å². The van der Waals surface area contributed by atoms with Crippen molar-refractivity contribution in [2.24, 2.45) is 0 Å². The maximum Gasteiger partial charge on any atom is 2.00 e. The molecule has 0 aliphatic carbocycles. The van der Waals surface area contributed by atoms with Crippen molar-refractivity contribution in [3.05, 3.63) is 54.1 Å². The van der Waals surface area contributed by atoms with E-state index in [2.05, 4.69) is 16.0 Å². The van der Waals surface area contributed by atoms with Gasteiger partial charge in [0, 0.05) is 18.5 Å². The Morgan fingerprint density at radius 3 is 3.09 bits per heavy atom. The molecule has 3 aromatic heterocycles. The minimum Gasteiger partial charge on any atom is -1.00 e. The van der Waals surface area contributed by atoms with Crippen LogP contribution in [0.15, 0.2) is 36.9 Å². The first-order chi connectivity index (χ1) is 10.3. The molecule has 0 bridgehead atoms. The maximum absolute atomic E-state index is 11.1. The zero-order valence-electron chi connectivity index (χ0n) is 13.0. The van der Waals surface area contributed by atoms with Crippen molar-refractivity contribution in [2.75, 3.05) is 7.11 Å². The summed E-state index contributed by atoms with van der Waals surface area (Å²) in [7, 11) is 1.49. The van der Waals surface area contributed by atoms with E-state index in [0.29, 0.717) is 23.5 Å². The summed E-state index contributed by atoms with van der Waals surface area (Å²) in [5, 5.41) is 0. The topological polar surface area (TPSA) is 65.7 Å². The first-order valence-corrected chi connectivity index (χ1v) is 6.25. The number of carbonyl (C=O) groups is 1. The molecule has 0 radical (unpaired) electrons. The number of pyridine rings is 2. The molecule has 7 heteroatoms. The number of hydrogen-bond donors (Lipinski definition) is 0. The van der Waals surface area contributed by atoms with Crippen molar-refractivity contribution >= 4 is 22.1 Å². The second-order valence-corrected chi connectivity index (χ2v) is 4.29. The quantitative estimate of drug-likeness (QED) is 0.406. The molecule has 0 amide bonds. The molecule has 3 rings (SSSR count). The van der Waals surface area contributed by atoms with Gasteiger partial charge in [0.05, 0.1) is 31.1 Å². The second kappa shape index (κ2) is 6.82. The Labute approximate surface area is 132 Å². The van der Waals surface area contributed by atoms with Gasteiger partial charge in [-0.05, 0) is 0 Å². The van der Waals surface area contributed by atoms with Crippen LogP contribution in [0.1, 0.15) is 17.3 Å². The van der Waals surface area contributed by atoms with Crippen molar-refractivity contribution in [2.45, 2.75) is 6.61 Å². The third kappa shape index (κ3) is 2.97. The standard InChI is InChI=1S/C15H12N3O3.Be.H/c1-20-14-7-12(9-19)13(8-17-14)21-10-11-3-2-5-18-6-4-16-15(11)18;;/h3-9H,10H2,1H3;;/q-1;+2;-1. The van der Waals surface area contributed by atoms with Crippen LogP contribution in [-0.4, -0.2) is 37.9 Å². The van der Waals surface area contributed by atoms with Crippen LogP contribution in [0.25, 0.3) is 5.65 Å². The molecule has 0 unspecified atom stereocenters. The molecule has 22 heavy (non-hydrogen) atoms. The number of nitrogens with zero attached hydrogens (tertiary/aromatic N) is 3. The molecular formula is C15H13BeN3O3. The van der Waals surface area contributed by atoms with Gasteiger partial charge in [-0.25, -0.2) is 17.1 Å². The number of hydrogen-bond acceptors (Lipinski definition) is 5. The van der Waals surface area contributed by atoms with Crippen molar-refractivity contribution in [3.63, 3.8) is 0 Å². The number of methoxy groups -OCH3 is 1. The van der Waals surface area contributed by atoms with Gasteiger partial charge in [0.15, 0.2) is 6.29 Å². The number of aldehydes is 1. The summed E-state index contributed by atoms with van der Waals surface area (Å²) in [6.45, 7) is 0.271. The molecule has 0 fully saturated rings. The summed E-state index contributed by atoms with van der Waals surface area (Å²) in [6.07, 6.45) is 7.51. The fourth-order valence-corrected chi connectivity index (χ4v) is 1.97. The minimum atomic E-state index is 0. The van der Waals surface area contributed by atoms with Gasteiger partial charge in [-0.2, -0.15) is 0 Å². The summed E-state index contributed by atoms with van der Waals surface area (Å²) in [5.74, 6) is 0.771. The Balaban J connectivity index is 0.00000132. The van der Waals surface area contributed by atoms with E-state index in [1.54, 1.807) is 18.5 Å². The largest absolute Gasteiger partial charge is 2.00 e. The average Bonchev–Trinajstić information content (AvgIpc) is 3.01. The number of fused-ring (bicyclic) bond motifs is 1. The van der Waals surface area contributed by atoms with E-state index in [1.807, 2.05) is 10.6 Å². The first kappa shape index (κ1) is 15.7. The van der Waals surface area contributed by atoms with Crippen LogP contribution in [0.3, 0.4) is 0 Å². The summed E-state index contributed by atoms with van der Waals surface area (Å²) in [4.78, 5) is 19.4. The van der Waals surface area contributed by atoms with Gasteiger partial charge in [0.25, 0.3) is 0 Å². The first-order valence-electron chi connectivity index (χ1n) is 6.25. The molecule has 0 spiro atoms. The molecule has 0 aliphatic rings. The predicted octanol–water partition coefficient (Wildman–Crippen LogP) is 1.66. The molecule has 0 aromatic carbocycles. The maximum atomic E-state index is 11.1. The molecule has 3 heterocycles. The van der Waals surface area contributed by atoms with E-state index < -0.39 is 0 Å². The summed E-state index contributed by atoms with van der Waals surface area (Å²) in [6, 6.07) is 6.35. The van der Waals surface area contributed by atoms with E-state index in [4.69, 9.17) is 9.47 Å².